The first kappa shape index (κ1) is 22.3. The molecule has 3 rings (SSSR count). The number of thioether (sulfide) groups is 1. The Morgan fingerprint density at radius 2 is 2.20 bits per heavy atom. The van der Waals surface area contributed by atoms with E-state index in [-0.39, 0.29) is 16.6 Å². The van der Waals surface area contributed by atoms with Crippen LogP contribution in [0.4, 0.5) is 0 Å². The molecule has 0 bridgehead atoms. The summed E-state index contributed by atoms with van der Waals surface area (Å²) in [5.74, 6) is -0.0975. The zero-order chi connectivity index (χ0) is 21.8. The largest absolute Gasteiger partial charge is 0.383 e. The SMILES string of the molecule is CC[C@H](Sc1nc2n[nH]c(C)c2c(=N)n1-c1ccc(C)c(Cl)c1)C(=O)NCCOC. The van der Waals surface area contributed by atoms with Gasteiger partial charge in [0.15, 0.2) is 10.8 Å². The molecule has 160 valence electrons. The molecule has 30 heavy (non-hydrogen) atoms. The molecule has 2 aromatic heterocycles. The molecule has 0 fully saturated rings. The van der Waals surface area contributed by atoms with Crippen LogP contribution in [0, 0.1) is 19.3 Å². The highest BCUT2D eigenvalue weighted by Crippen LogP contribution is 2.28. The maximum atomic E-state index is 12.6. The molecular weight excluding hydrogens is 424 g/mol. The summed E-state index contributed by atoms with van der Waals surface area (Å²) < 4.78 is 6.72. The van der Waals surface area contributed by atoms with Crippen molar-refractivity contribution in [2.75, 3.05) is 20.3 Å². The highest BCUT2D eigenvalue weighted by atomic mass is 35.5. The van der Waals surface area contributed by atoms with Crippen molar-refractivity contribution in [1.82, 2.24) is 25.1 Å². The molecule has 8 nitrogen and oxygen atoms in total. The van der Waals surface area contributed by atoms with E-state index in [1.807, 2.05) is 39.0 Å². The van der Waals surface area contributed by atoms with E-state index in [4.69, 9.17) is 21.7 Å². The number of fused-ring (bicyclic) bond motifs is 1. The Kier molecular flexibility index (Phi) is 7.17. The quantitative estimate of drug-likeness (QED) is 0.278. The molecule has 1 atom stereocenters. The van der Waals surface area contributed by atoms with Gasteiger partial charge in [-0.05, 0) is 38.0 Å². The van der Waals surface area contributed by atoms with Crippen LogP contribution in [-0.2, 0) is 9.53 Å². The van der Waals surface area contributed by atoms with E-state index in [1.54, 1.807) is 11.7 Å². The average molecular weight is 449 g/mol. The number of hydrogen-bond donors (Lipinski definition) is 3. The third kappa shape index (κ3) is 4.53. The number of methoxy groups -OCH3 is 1. The third-order valence-corrected chi connectivity index (χ3v) is 6.44. The van der Waals surface area contributed by atoms with Crippen LogP contribution in [0.5, 0.6) is 0 Å². The fourth-order valence-corrected chi connectivity index (χ4v) is 4.24. The number of aryl methyl sites for hydroxylation is 2. The van der Waals surface area contributed by atoms with E-state index in [1.165, 1.54) is 11.8 Å². The van der Waals surface area contributed by atoms with Gasteiger partial charge < -0.3 is 10.1 Å². The molecule has 0 unspecified atom stereocenters. The molecule has 3 N–H and O–H groups in total. The monoisotopic (exact) mass is 448 g/mol. The summed E-state index contributed by atoms with van der Waals surface area (Å²) in [7, 11) is 1.59. The lowest BCUT2D eigenvalue weighted by Crippen LogP contribution is -2.35. The normalized spacial score (nSPS) is 12.3. The molecule has 0 spiro atoms. The van der Waals surface area contributed by atoms with Crippen LogP contribution in [0.25, 0.3) is 16.7 Å². The Labute approximate surface area is 183 Å². The number of benzene rings is 1. The number of amides is 1. The molecule has 0 aliphatic heterocycles. The van der Waals surface area contributed by atoms with Crippen molar-refractivity contribution < 1.29 is 9.53 Å². The Hall–Kier alpha value is -2.36. The van der Waals surface area contributed by atoms with E-state index >= 15 is 0 Å². The van der Waals surface area contributed by atoms with Gasteiger partial charge in [0.25, 0.3) is 0 Å². The van der Waals surface area contributed by atoms with Crippen LogP contribution < -0.4 is 10.8 Å². The van der Waals surface area contributed by atoms with Crippen LogP contribution in [0.15, 0.2) is 23.4 Å². The van der Waals surface area contributed by atoms with Crippen molar-refractivity contribution in [3.8, 4) is 5.69 Å². The molecule has 2 heterocycles. The lowest BCUT2D eigenvalue weighted by atomic mass is 10.2. The lowest BCUT2D eigenvalue weighted by molar-refractivity contribution is -0.120. The Morgan fingerprint density at radius 1 is 1.43 bits per heavy atom. The predicted molar refractivity (Wildman–Crippen MR) is 118 cm³/mol. The number of nitrogens with one attached hydrogen (secondary N) is 3. The average Bonchev–Trinajstić information content (AvgIpc) is 3.09. The summed E-state index contributed by atoms with van der Waals surface area (Å²) in [6.07, 6.45) is 0.602. The summed E-state index contributed by atoms with van der Waals surface area (Å²) in [4.78, 5) is 17.3. The van der Waals surface area contributed by atoms with Crippen molar-refractivity contribution in [2.24, 2.45) is 0 Å². The summed E-state index contributed by atoms with van der Waals surface area (Å²) in [5, 5.41) is 20.2. The molecule has 0 aliphatic rings. The van der Waals surface area contributed by atoms with Crippen molar-refractivity contribution in [3.05, 3.63) is 40.0 Å². The number of aromatic amines is 1. The molecule has 1 aromatic carbocycles. The van der Waals surface area contributed by atoms with Crippen LogP contribution in [0.1, 0.15) is 24.6 Å². The van der Waals surface area contributed by atoms with Crippen molar-refractivity contribution >= 4 is 40.3 Å². The highest BCUT2D eigenvalue weighted by molar-refractivity contribution is 8.00. The van der Waals surface area contributed by atoms with E-state index in [0.29, 0.717) is 46.5 Å². The standard InChI is InChI=1S/C20H25ClN6O2S/c1-5-15(19(28)23-8-9-29-4)30-20-24-18-16(12(3)25-26-18)17(22)27(20)13-7-6-11(2)14(21)10-13/h6-7,10,15,22H,5,8-9H2,1-4H3,(H,23,28)(H,25,26)/t15-/m0/s1. The predicted octanol–water partition coefficient (Wildman–Crippen LogP) is 3.13. The van der Waals surface area contributed by atoms with Gasteiger partial charge in [0.2, 0.25) is 5.91 Å². The Morgan fingerprint density at radius 3 is 2.87 bits per heavy atom. The van der Waals surface area contributed by atoms with Crippen molar-refractivity contribution in [2.45, 2.75) is 37.6 Å². The molecular formula is C20H25ClN6O2S. The van der Waals surface area contributed by atoms with E-state index < -0.39 is 0 Å². The van der Waals surface area contributed by atoms with Gasteiger partial charge in [0.05, 0.1) is 22.9 Å². The molecule has 3 aromatic rings. The maximum Gasteiger partial charge on any atom is 0.233 e. The summed E-state index contributed by atoms with van der Waals surface area (Å²) in [5.41, 5.74) is 3.10. The third-order valence-electron chi connectivity index (χ3n) is 4.71. The number of H-pyrrole nitrogens is 1. The van der Waals surface area contributed by atoms with E-state index in [9.17, 15) is 4.79 Å². The van der Waals surface area contributed by atoms with Gasteiger partial charge in [-0.3, -0.25) is 19.9 Å². The number of carbonyl (C=O) groups is 1. The van der Waals surface area contributed by atoms with Crippen LogP contribution in [0.3, 0.4) is 0 Å². The first-order valence-corrected chi connectivity index (χ1v) is 10.8. The minimum atomic E-state index is -0.376. The van der Waals surface area contributed by atoms with E-state index in [0.717, 1.165) is 11.3 Å². The first-order valence-electron chi connectivity index (χ1n) is 9.59. The van der Waals surface area contributed by atoms with Gasteiger partial charge in [-0.2, -0.15) is 5.10 Å². The zero-order valence-corrected chi connectivity index (χ0v) is 18.9. The van der Waals surface area contributed by atoms with Crippen molar-refractivity contribution in [1.29, 1.82) is 5.41 Å². The fourth-order valence-electron chi connectivity index (χ4n) is 3.01. The molecule has 0 aliphatic carbocycles. The molecule has 0 radical (unpaired) electrons. The van der Waals surface area contributed by atoms with Crippen LogP contribution in [0.2, 0.25) is 5.02 Å². The minimum absolute atomic E-state index is 0.0975. The molecule has 0 saturated carbocycles. The molecule has 10 heteroatoms. The summed E-state index contributed by atoms with van der Waals surface area (Å²) in [6.45, 7) is 6.61. The number of carbonyl (C=O) groups excluding carboxylic acids is 1. The summed E-state index contributed by atoms with van der Waals surface area (Å²) in [6, 6.07) is 5.60. The smallest absolute Gasteiger partial charge is 0.233 e. The van der Waals surface area contributed by atoms with Gasteiger partial charge in [-0.15, -0.1) is 0 Å². The second-order valence-corrected chi connectivity index (χ2v) is 8.43. The van der Waals surface area contributed by atoms with Gasteiger partial charge in [-0.25, -0.2) is 4.98 Å². The van der Waals surface area contributed by atoms with Gasteiger partial charge in [-0.1, -0.05) is 36.4 Å². The number of aromatic nitrogens is 4. The highest BCUT2D eigenvalue weighted by Gasteiger charge is 2.23. The molecule has 0 saturated heterocycles. The topological polar surface area (TPSA) is 109 Å². The second-order valence-electron chi connectivity index (χ2n) is 6.86. The fraction of sp³-hybridized carbons (Fsp3) is 0.400. The Bertz CT molecular complexity index is 1130. The van der Waals surface area contributed by atoms with Crippen LogP contribution >= 0.6 is 23.4 Å². The second kappa shape index (κ2) is 9.63. The number of ether oxygens (including phenoxy) is 1. The number of nitrogens with zero attached hydrogens (tertiary/aromatic N) is 3. The minimum Gasteiger partial charge on any atom is -0.383 e. The maximum absolute atomic E-state index is 12.6. The van der Waals surface area contributed by atoms with Crippen LogP contribution in [-0.4, -0.2) is 51.2 Å². The summed E-state index contributed by atoms with van der Waals surface area (Å²) >= 11 is 7.66. The Balaban J connectivity index is 2.09. The van der Waals surface area contributed by atoms with Crippen molar-refractivity contribution in [3.63, 3.8) is 0 Å². The van der Waals surface area contributed by atoms with E-state index in [2.05, 4.69) is 20.5 Å². The van der Waals surface area contributed by atoms with Gasteiger partial charge in [0.1, 0.15) is 5.49 Å². The first-order chi connectivity index (χ1) is 14.4. The number of hydrogen-bond acceptors (Lipinski definition) is 6. The molecule has 1 amide bonds. The van der Waals surface area contributed by atoms with Gasteiger partial charge in [0, 0.05) is 24.4 Å². The lowest BCUT2D eigenvalue weighted by Gasteiger charge is -2.18. The number of rotatable bonds is 8. The van der Waals surface area contributed by atoms with Gasteiger partial charge >= 0.3 is 0 Å². The number of halogens is 1. The zero-order valence-electron chi connectivity index (χ0n) is 17.4.